The van der Waals surface area contributed by atoms with Crippen molar-refractivity contribution in [3.63, 3.8) is 0 Å². The van der Waals surface area contributed by atoms with E-state index in [-0.39, 0.29) is 17.5 Å². The minimum Gasteiger partial charge on any atom is -0.507 e. The van der Waals surface area contributed by atoms with Crippen molar-refractivity contribution in [1.29, 1.82) is 0 Å². The van der Waals surface area contributed by atoms with Crippen LogP contribution in [0.15, 0.2) is 18.2 Å². The summed E-state index contributed by atoms with van der Waals surface area (Å²) in [4.78, 5) is 15.6. The van der Waals surface area contributed by atoms with Crippen molar-refractivity contribution >= 4 is 11.9 Å². The highest BCUT2D eigenvalue weighted by atomic mass is 19.1. The first-order valence-electron chi connectivity index (χ1n) is 5.45. The Balaban J connectivity index is 2.11. The molecular weight excluding hydrogens is 255 g/mol. The first kappa shape index (κ1) is 12.8. The largest absolute Gasteiger partial charge is 0.507 e. The van der Waals surface area contributed by atoms with E-state index in [2.05, 4.69) is 20.5 Å². The van der Waals surface area contributed by atoms with Crippen molar-refractivity contribution in [2.24, 2.45) is 0 Å². The highest BCUT2D eigenvalue weighted by molar-refractivity contribution is 6.05. The monoisotopic (exact) mass is 266 g/mol. The second-order valence-corrected chi connectivity index (χ2v) is 3.52. The van der Waals surface area contributed by atoms with Crippen LogP contribution in [0, 0.1) is 5.82 Å². The number of rotatable bonds is 4. The molecule has 100 valence electrons. The van der Waals surface area contributed by atoms with Crippen LogP contribution in [0.5, 0.6) is 11.8 Å². The number of halogens is 1. The van der Waals surface area contributed by atoms with Crippen molar-refractivity contribution in [2.75, 3.05) is 11.9 Å². The Morgan fingerprint density at radius 2 is 2.37 bits per heavy atom. The van der Waals surface area contributed by atoms with Gasteiger partial charge in [-0.25, -0.2) is 9.49 Å². The number of phenolic OH excluding ortho intramolecular Hbond substituents is 1. The number of nitrogens with zero attached hydrogens (tertiary/aromatic N) is 2. The molecule has 7 nitrogen and oxygen atoms in total. The SMILES string of the molecule is CCOc1n[nH]c(NC(=O)c2ccc(F)cc2O)n1. The van der Waals surface area contributed by atoms with E-state index in [0.717, 1.165) is 12.1 Å². The molecule has 1 heterocycles. The number of carbonyl (C=O) groups is 1. The second kappa shape index (κ2) is 5.34. The minimum atomic E-state index is -0.642. The lowest BCUT2D eigenvalue weighted by Crippen LogP contribution is -2.13. The number of nitrogens with one attached hydrogen (secondary N) is 2. The predicted molar refractivity (Wildman–Crippen MR) is 63.6 cm³/mol. The molecule has 1 aromatic heterocycles. The third-order valence-electron chi connectivity index (χ3n) is 2.17. The Bertz CT molecular complexity index is 599. The highest BCUT2D eigenvalue weighted by Crippen LogP contribution is 2.19. The summed E-state index contributed by atoms with van der Waals surface area (Å²) in [6.45, 7) is 2.16. The number of benzene rings is 1. The molecular formula is C11H11FN4O3. The van der Waals surface area contributed by atoms with Crippen LogP contribution in [0.3, 0.4) is 0 Å². The van der Waals surface area contributed by atoms with E-state index < -0.39 is 17.5 Å². The Morgan fingerprint density at radius 1 is 1.58 bits per heavy atom. The van der Waals surface area contributed by atoms with Gasteiger partial charge in [0, 0.05) is 6.07 Å². The van der Waals surface area contributed by atoms with E-state index >= 15 is 0 Å². The third-order valence-corrected chi connectivity index (χ3v) is 2.17. The zero-order chi connectivity index (χ0) is 13.8. The lowest BCUT2D eigenvalue weighted by atomic mass is 10.2. The molecule has 0 radical (unpaired) electrons. The van der Waals surface area contributed by atoms with Crippen LogP contribution in [0.1, 0.15) is 17.3 Å². The van der Waals surface area contributed by atoms with Gasteiger partial charge in [0.2, 0.25) is 5.95 Å². The maximum Gasteiger partial charge on any atom is 0.337 e. The lowest BCUT2D eigenvalue weighted by molar-refractivity contribution is 0.102. The molecule has 19 heavy (non-hydrogen) atoms. The van der Waals surface area contributed by atoms with Gasteiger partial charge in [-0.2, -0.15) is 4.98 Å². The van der Waals surface area contributed by atoms with Gasteiger partial charge in [0.1, 0.15) is 11.6 Å². The van der Waals surface area contributed by atoms with E-state index in [1.54, 1.807) is 6.92 Å². The van der Waals surface area contributed by atoms with Crippen molar-refractivity contribution in [2.45, 2.75) is 6.92 Å². The van der Waals surface area contributed by atoms with Gasteiger partial charge in [-0.05, 0) is 19.1 Å². The molecule has 3 N–H and O–H groups in total. The number of ether oxygens (including phenoxy) is 1. The number of phenols is 1. The van der Waals surface area contributed by atoms with Crippen LogP contribution in [-0.2, 0) is 0 Å². The molecule has 0 aliphatic heterocycles. The summed E-state index contributed by atoms with van der Waals surface area (Å²) in [5.74, 6) is -1.66. The van der Waals surface area contributed by atoms with Crippen LogP contribution < -0.4 is 10.1 Å². The van der Waals surface area contributed by atoms with Crippen molar-refractivity contribution in [3.05, 3.63) is 29.6 Å². The van der Waals surface area contributed by atoms with Crippen LogP contribution in [0.25, 0.3) is 0 Å². The van der Waals surface area contributed by atoms with Gasteiger partial charge < -0.3 is 9.84 Å². The average Bonchev–Trinajstić information content (AvgIpc) is 2.76. The molecule has 0 fully saturated rings. The van der Waals surface area contributed by atoms with Crippen LogP contribution in [0.2, 0.25) is 0 Å². The predicted octanol–water partition coefficient (Wildman–Crippen LogP) is 1.30. The smallest absolute Gasteiger partial charge is 0.337 e. The summed E-state index contributed by atoms with van der Waals surface area (Å²) in [6.07, 6.45) is 0. The Morgan fingerprint density at radius 3 is 3.05 bits per heavy atom. The molecule has 2 rings (SSSR count). The average molecular weight is 266 g/mol. The van der Waals surface area contributed by atoms with E-state index in [9.17, 15) is 14.3 Å². The quantitative estimate of drug-likeness (QED) is 0.774. The Labute approximate surface area is 107 Å². The third kappa shape index (κ3) is 2.97. The van der Waals surface area contributed by atoms with Crippen molar-refractivity contribution in [3.8, 4) is 11.8 Å². The second-order valence-electron chi connectivity index (χ2n) is 3.52. The summed E-state index contributed by atoms with van der Waals surface area (Å²) in [6, 6.07) is 3.18. The maximum absolute atomic E-state index is 12.8. The molecule has 0 spiro atoms. The van der Waals surface area contributed by atoms with Crippen molar-refractivity contribution in [1.82, 2.24) is 15.2 Å². The molecule has 0 saturated carbocycles. The summed E-state index contributed by atoms with van der Waals surface area (Å²) >= 11 is 0. The molecule has 1 aromatic carbocycles. The van der Waals surface area contributed by atoms with Crippen LogP contribution in [-0.4, -0.2) is 32.8 Å². The summed E-state index contributed by atoms with van der Waals surface area (Å²) in [5.41, 5.74) is -0.0734. The maximum atomic E-state index is 12.8. The van der Waals surface area contributed by atoms with E-state index in [1.807, 2.05) is 0 Å². The fraction of sp³-hybridized carbons (Fsp3) is 0.182. The number of hydrogen-bond donors (Lipinski definition) is 3. The molecule has 8 heteroatoms. The number of anilines is 1. The number of carbonyl (C=O) groups excluding carboxylic acids is 1. The van der Waals surface area contributed by atoms with Gasteiger partial charge in [-0.3, -0.25) is 10.1 Å². The number of amides is 1. The molecule has 0 aliphatic rings. The van der Waals surface area contributed by atoms with E-state index in [4.69, 9.17) is 4.74 Å². The number of aromatic hydroxyl groups is 1. The molecule has 0 aliphatic carbocycles. The van der Waals surface area contributed by atoms with Gasteiger partial charge >= 0.3 is 6.01 Å². The molecule has 2 aromatic rings. The van der Waals surface area contributed by atoms with Gasteiger partial charge in [-0.1, -0.05) is 0 Å². The normalized spacial score (nSPS) is 10.2. The molecule has 0 atom stereocenters. The Hall–Kier alpha value is -2.64. The highest BCUT2D eigenvalue weighted by Gasteiger charge is 2.14. The lowest BCUT2D eigenvalue weighted by Gasteiger charge is -2.03. The van der Waals surface area contributed by atoms with Crippen LogP contribution in [0.4, 0.5) is 10.3 Å². The minimum absolute atomic E-state index is 0.0668. The zero-order valence-electron chi connectivity index (χ0n) is 9.98. The molecule has 0 saturated heterocycles. The van der Waals surface area contributed by atoms with E-state index in [1.165, 1.54) is 6.07 Å². The topological polar surface area (TPSA) is 100 Å². The first-order chi connectivity index (χ1) is 9.10. The van der Waals surface area contributed by atoms with Gasteiger partial charge in [0.15, 0.2) is 0 Å². The summed E-state index contributed by atoms with van der Waals surface area (Å²) < 4.78 is 17.8. The summed E-state index contributed by atoms with van der Waals surface area (Å²) in [5, 5.41) is 18.0. The number of hydrogen-bond acceptors (Lipinski definition) is 5. The van der Waals surface area contributed by atoms with Gasteiger partial charge in [-0.15, -0.1) is 5.10 Å². The van der Waals surface area contributed by atoms with Crippen LogP contribution >= 0.6 is 0 Å². The fourth-order valence-corrected chi connectivity index (χ4v) is 1.37. The number of H-pyrrole nitrogens is 1. The van der Waals surface area contributed by atoms with Gasteiger partial charge in [0.05, 0.1) is 12.2 Å². The zero-order valence-corrected chi connectivity index (χ0v) is 9.98. The molecule has 0 unspecified atom stereocenters. The first-order valence-corrected chi connectivity index (χ1v) is 5.45. The number of aromatic amines is 1. The number of aromatic nitrogens is 3. The molecule has 0 bridgehead atoms. The standard InChI is InChI=1S/C11H11FN4O3/c1-2-19-11-14-10(15-16-11)13-9(18)7-4-3-6(12)5-8(7)17/h3-5,17H,2H2,1H3,(H2,13,14,15,16,18). The Kier molecular flexibility index (Phi) is 3.60. The van der Waals surface area contributed by atoms with Crippen molar-refractivity contribution < 1.29 is 19.0 Å². The summed E-state index contributed by atoms with van der Waals surface area (Å²) in [7, 11) is 0. The fourth-order valence-electron chi connectivity index (χ4n) is 1.37. The molecule has 1 amide bonds. The van der Waals surface area contributed by atoms with Gasteiger partial charge in [0.25, 0.3) is 5.91 Å². The van der Waals surface area contributed by atoms with E-state index in [0.29, 0.717) is 6.61 Å².